The molecule has 0 bridgehead atoms. The zero-order valence-corrected chi connectivity index (χ0v) is 12.2. The molecule has 1 aromatic heterocycles. The molecule has 0 saturated heterocycles. The summed E-state index contributed by atoms with van der Waals surface area (Å²) in [6.07, 6.45) is 0. The Labute approximate surface area is 117 Å². The molecule has 92 valence electrons. The summed E-state index contributed by atoms with van der Waals surface area (Å²) in [4.78, 5) is 0. The van der Waals surface area contributed by atoms with Crippen molar-refractivity contribution >= 4 is 48.1 Å². The Morgan fingerprint density at radius 2 is 2.00 bits per heavy atom. The normalized spacial score (nSPS) is 11.2. The van der Waals surface area contributed by atoms with Crippen LogP contribution in [0.3, 0.4) is 0 Å². The van der Waals surface area contributed by atoms with Gasteiger partial charge in [0.15, 0.2) is 6.79 Å². The van der Waals surface area contributed by atoms with Gasteiger partial charge in [-0.05, 0) is 50.3 Å². The van der Waals surface area contributed by atoms with E-state index in [4.69, 9.17) is 9.47 Å². The van der Waals surface area contributed by atoms with E-state index in [1.165, 1.54) is 20.9 Å². The largest absolute Gasteiger partial charge is 0.468 e. The Bertz CT molecular complexity index is 705. The molecule has 3 rings (SSSR count). The molecule has 0 radical (unpaired) electrons. The third kappa shape index (κ3) is 2.00. The van der Waals surface area contributed by atoms with E-state index in [-0.39, 0.29) is 6.79 Å². The van der Waals surface area contributed by atoms with Gasteiger partial charge in [0.25, 0.3) is 0 Å². The SMILES string of the molecule is COCOc1cc(Br)c2c(ccc3ccsc32)c1. The van der Waals surface area contributed by atoms with Gasteiger partial charge in [0.1, 0.15) is 5.75 Å². The summed E-state index contributed by atoms with van der Waals surface area (Å²) >= 11 is 5.39. The molecule has 0 spiro atoms. The maximum absolute atomic E-state index is 5.49. The molecule has 0 aliphatic rings. The lowest BCUT2D eigenvalue weighted by Gasteiger charge is -2.08. The van der Waals surface area contributed by atoms with Crippen LogP contribution in [0.25, 0.3) is 20.9 Å². The lowest BCUT2D eigenvalue weighted by atomic mass is 10.1. The third-order valence-corrected chi connectivity index (χ3v) is 4.38. The van der Waals surface area contributed by atoms with E-state index < -0.39 is 0 Å². The summed E-state index contributed by atoms with van der Waals surface area (Å²) < 4.78 is 12.8. The number of fused-ring (bicyclic) bond motifs is 3. The summed E-state index contributed by atoms with van der Waals surface area (Å²) in [5.74, 6) is 0.812. The highest BCUT2D eigenvalue weighted by Crippen LogP contribution is 2.37. The number of thiophene rings is 1. The van der Waals surface area contributed by atoms with Crippen LogP contribution < -0.4 is 4.74 Å². The van der Waals surface area contributed by atoms with E-state index >= 15 is 0 Å². The molecule has 0 N–H and O–H groups in total. The van der Waals surface area contributed by atoms with Crippen molar-refractivity contribution in [2.75, 3.05) is 13.9 Å². The fourth-order valence-electron chi connectivity index (χ4n) is 2.02. The maximum atomic E-state index is 5.49. The lowest BCUT2D eigenvalue weighted by molar-refractivity contribution is 0.0512. The fourth-order valence-corrected chi connectivity index (χ4v) is 3.77. The quantitative estimate of drug-likeness (QED) is 0.645. The van der Waals surface area contributed by atoms with Crippen LogP contribution in [0.5, 0.6) is 5.75 Å². The molecule has 0 amide bonds. The first-order valence-electron chi connectivity index (χ1n) is 5.51. The monoisotopic (exact) mass is 322 g/mol. The van der Waals surface area contributed by atoms with Crippen LogP contribution in [0.2, 0.25) is 0 Å². The number of ether oxygens (including phenoxy) is 2. The Hall–Kier alpha value is -1.10. The summed E-state index contributed by atoms with van der Waals surface area (Å²) in [6.45, 7) is 0.263. The first-order valence-corrected chi connectivity index (χ1v) is 7.18. The van der Waals surface area contributed by atoms with Gasteiger partial charge in [0.05, 0.1) is 0 Å². The van der Waals surface area contributed by atoms with E-state index in [1.54, 1.807) is 18.4 Å². The summed E-state index contributed by atoms with van der Waals surface area (Å²) in [7, 11) is 1.62. The number of halogens is 1. The molecule has 0 aliphatic heterocycles. The van der Waals surface area contributed by atoms with Crippen LogP contribution in [0, 0.1) is 0 Å². The lowest BCUT2D eigenvalue weighted by Crippen LogP contribution is -1.98. The highest BCUT2D eigenvalue weighted by atomic mass is 79.9. The minimum absolute atomic E-state index is 0.263. The second kappa shape index (κ2) is 4.88. The van der Waals surface area contributed by atoms with E-state index in [2.05, 4.69) is 39.5 Å². The average Bonchev–Trinajstić information content (AvgIpc) is 2.84. The zero-order chi connectivity index (χ0) is 12.5. The van der Waals surface area contributed by atoms with Crippen LogP contribution in [-0.2, 0) is 4.74 Å². The molecule has 0 atom stereocenters. The van der Waals surface area contributed by atoms with Gasteiger partial charge in [-0.3, -0.25) is 0 Å². The Balaban J connectivity index is 2.22. The maximum Gasteiger partial charge on any atom is 0.188 e. The van der Waals surface area contributed by atoms with Gasteiger partial charge in [-0.15, -0.1) is 11.3 Å². The van der Waals surface area contributed by atoms with Crippen molar-refractivity contribution in [2.24, 2.45) is 0 Å². The number of benzene rings is 2. The number of rotatable bonds is 3. The molecule has 4 heteroatoms. The minimum Gasteiger partial charge on any atom is -0.468 e. The van der Waals surface area contributed by atoms with Crippen LogP contribution in [0.1, 0.15) is 0 Å². The summed E-state index contributed by atoms with van der Waals surface area (Å²) in [5, 5.41) is 5.81. The standard InChI is InChI=1S/C14H11BrO2S/c1-16-8-17-11-6-10-3-2-9-4-5-18-14(9)13(10)12(15)7-11/h2-7H,8H2,1H3. The van der Waals surface area contributed by atoms with Crippen LogP contribution in [0.15, 0.2) is 40.2 Å². The predicted octanol–water partition coefficient (Wildman–Crippen LogP) is 4.80. The van der Waals surface area contributed by atoms with Gasteiger partial charge >= 0.3 is 0 Å². The first-order chi connectivity index (χ1) is 8.79. The summed E-state index contributed by atoms with van der Waals surface area (Å²) in [6, 6.07) is 10.4. The van der Waals surface area contributed by atoms with Crippen molar-refractivity contribution in [3.63, 3.8) is 0 Å². The first kappa shape index (κ1) is 12.0. The van der Waals surface area contributed by atoms with E-state index in [0.29, 0.717) is 0 Å². The van der Waals surface area contributed by atoms with Crippen molar-refractivity contribution in [3.8, 4) is 5.75 Å². The molecule has 0 unspecified atom stereocenters. The molecule has 3 aromatic rings. The zero-order valence-electron chi connectivity index (χ0n) is 9.77. The second-order valence-corrected chi connectivity index (χ2v) is 5.73. The van der Waals surface area contributed by atoms with Gasteiger partial charge in [-0.25, -0.2) is 0 Å². The smallest absolute Gasteiger partial charge is 0.188 e. The van der Waals surface area contributed by atoms with Gasteiger partial charge in [0.2, 0.25) is 0 Å². The van der Waals surface area contributed by atoms with Crippen molar-refractivity contribution in [3.05, 3.63) is 40.2 Å². The third-order valence-electron chi connectivity index (χ3n) is 2.80. The molecular weight excluding hydrogens is 312 g/mol. The van der Waals surface area contributed by atoms with Crippen LogP contribution in [0.4, 0.5) is 0 Å². The second-order valence-electron chi connectivity index (χ2n) is 3.96. The van der Waals surface area contributed by atoms with E-state index in [1.807, 2.05) is 12.1 Å². The highest BCUT2D eigenvalue weighted by molar-refractivity contribution is 9.10. The van der Waals surface area contributed by atoms with Crippen molar-refractivity contribution in [2.45, 2.75) is 0 Å². The van der Waals surface area contributed by atoms with Crippen molar-refractivity contribution < 1.29 is 9.47 Å². The molecule has 0 saturated carbocycles. The van der Waals surface area contributed by atoms with Crippen LogP contribution >= 0.6 is 27.3 Å². The van der Waals surface area contributed by atoms with Gasteiger partial charge in [0, 0.05) is 21.7 Å². The Kier molecular flexibility index (Phi) is 3.24. The number of hydrogen-bond donors (Lipinski definition) is 0. The van der Waals surface area contributed by atoms with Gasteiger partial charge in [-0.2, -0.15) is 0 Å². The van der Waals surface area contributed by atoms with Gasteiger partial charge in [-0.1, -0.05) is 12.1 Å². The highest BCUT2D eigenvalue weighted by Gasteiger charge is 2.08. The molecule has 2 nitrogen and oxygen atoms in total. The number of hydrogen-bond acceptors (Lipinski definition) is 3. The topological polar surface area (TPSA) is 18.5 Å². The molecule has 0 aliphatic carbocycles. The van der Waals surface area contributed by atoms with E-state index in [0.717, 1.165) is 10.2 Å². The molecule has 18 heavy (non-hydrogen) atoms. The molecule has 0 fully saturated rings. The average molecular weight is 323 g/mol. The Morgan fingerprint density at radius 1 is 1.17 bits per heavy atom. The van der Waals surface area contributed by atoms with Gasteiger partial charge < -0.3 is 9.47 Å². The minimum atomic E-state index is 0.263. The fraction of sp³-hybridized carbons (Fsp3) is 0.143. The molecule has 1 heterocycles. The molecule has 2 aromatic carbocycles. The van der Waals surface area contributed by atoms with Crippen LogP contribution in [-0.4, -0.2) is 13.9 Å². The Morgan fingerprint density at radius 3 is 2.83 bits per heavy atom. The summed E-state index contributed by atoms with van der Waals surface area (Å²) in [5.41, 5.74) is 0. The molecular formula is C14H11BrO2S. The predicted molar refractivity (Wildman–Crippen MR) is 79.5 cm³/mol. The number of methoxy groups -OCH3 is 1. The van der Waals surface area contributed by atoms with Crippen molar-refractivity contribution in [1.29, 1.82) is 0 Å². The van der Waals surface area contributed by atoms with Crippen molar-refractivity contribution in [1.82, 2.24) is 0 Å². The van der Waals surface area contributed by atoms with E-state index in [9.17, 15) is 0 Å².